The summed E-state index contributed by atoms with van der Waals surface area (Å²) in [6, 6.07) is 7.31. The van der Waals surface area contributed by atoms with Crippen LogP contribution in [0, 0.1) is 0 Å². The van der Waals surface area contributed by atoms with E-state index in [4.69, 9.17) is 11.6 Å². The molecule has 0 aromatic heterocycles. The van der Waals surface area contributed by atoms with Gasteiger partial charge in [0.05, 0.1) is 0 Å². The summed E-state index contributed by atoms with van der Waals surface area (Å²) in [5.41, 5.74) is 2.75. The standard InChI is InChI=1S/C13H18ClNS/c1-9(8-16-2)15-13-7-6-10-11(13)4-3-5-12(10)14/h3-5,9,13,15H,6-8H2,1-2H3. The molecule has 0 saturated heterocycles. The molecule has 1 aromatic rings. The van der Waals surface area contributed by atoms with Crippen molar-refractivity contribution in [1.29, 1.82) is 0 Å². The average Bonchev–Trinajstić information content (AvgIpc) is 2.64. The van der Waals surface area contributed by atoms with Crippen molar-refractivity contribution in [3.8, 4) is 0 Å². The lowest BCUT2D eigenvalue weighted by Crippen LogP contribution is -2.31. The number of fused-ring (bicyclic) bond motifs is 1. The molecular formula is C13H18ClNS. The monoisotopic (exact) mass is 255 g/mol. The second kappa shape index (κ2) is 5.44. The van der Waals surface area contributed by atoms with Crippen molar-refractivity contribution < 1.29 is 0 Å². The number of rotatable bonds is 4. The highest BCUT2D eigenvalue weighted by Crippen LogP contribution is 2.35. The zero-order chi connectivity index (χ0) is 11.5. The van der Waals surface area contributed by atoms with Crippen LogP contribution in [-0.2, 0) is 6.42 Å². The summed E-state index contributed by atoms with van der Waals surface area (Å²) in [4.78, 5) is 0. The minimum atomic E-state index is 0.496. The van der Waals surface area contributed by atoms with Crippen LogP contribution >= 0.6 is 23.4 Å². The van der Waals surface area contributed by atoms with Crippen LogP contribution < -0.4 is 5.32 Å². The maximum absolute atomic E-state index is 6.20. The molecule has 1 aliphatic carbocycles. The molecule has 1 nitrogen and oxygen atoms in total. The van der Waals surface area contributed by atoms with Crippen LogP contribution in [0.4, 0.5) is 0 Å². The van der Waals surface area contributed by atoms with E-state index in [1.165, 1.54) is 17.5 Å². The average molecular weight is 256 g/mol. The highest BCUT2D eigenvalue weighted by Gasteiger charge is 2.24. The molecule has 0 saturated carbocycles. The van der Waals surface area contributed by atoms with Gasteiger partial charge in [-0.1, -0.05) is 23.7 Å². The van der Waals surface area contributed by atoms with E-state index in [2.05, 4.69) is 30.6 Å². The van der Waals surface area contributed by atoms with E-state index in [0.29, 0.717) is 12.1 Å². The second-order valence-corrected chi connectivity index (χ2v) is 5.74. The SMILES string of the molecule is CSCC(C)NC1CCc2c(Cl)cccc21. The van der Waals surface area contributed by atoms with Crippen LogP contribution in [-0.4, -0.2) is 18.1 Å². The summed E-state index contributed by atoms with van der Waals surface area (Å²) in [7, 11) is 0. The Morgan fingerprint density at radius 3 is 3.12 bits per heavy atom. The zero-order valence-corrected chi connectivity index (χ0v) is 11.4. The summed E-state index contributed by atoms with van der Waals surface area (Å²) in [5, 5.41) is 4.61. The molecule has 0 heterocycles. The Bertz CT molecular complexity index is 367. The number of halogens is 1. The van der Waals surface area contributed by atoms with Gasteiger partial charge < -0.3 is 5.32 Å². The van der Waals surface area contributed by atoms with Crippen molar-refractivity contribution in [2.45, 2.75) is 31.8 Å². The van der Waals surface area contributed by atoms with E-state index in [-0.39, 0.29) is 0 Å². The zero-order valence-electron chi connectivity index (χ0n) is 9.79. The summed E-state index contributed by atoms with van der Waals surface area (Å²) in [6.45, 7) is 2.25. The molecule has 0 aliphatic heterocycles. The van der Waals surface area contributed by atoms with Crippen LogP contribution in [0.25, 0.3) is 0 Å². The molecular weight excluding hydrogens is 238 g/mol. The largest absolute Gasteiger partial charge is 0.307 e. The van der Waals surface area contributed by atoms with Crippen LogP contribution in [0.5, 0.6) is 0 Å². The number of thioether (sulfide) groups is 1. The molecule has 1 aliphatic rings. The predicted octanol–water partition coefficient (Wildman–Crippen LogP) is 3.67. The van der Waals surface area contributed by atoms with E-state index in [9.17, 15) is 0 Å². The minimum absolute atomic E-state index is 0.496. The van der Waals surface area contributed by atoms with Crippen LogP contribution in [0.2, 0.25) is 5.02 Å². The van der Waals surface area contributed by atoms with Crippen molar-refractivity contribution in [3.05, 3.63) is 34.3 Å². The molecule has 0 fully saturated rings. The first-order valence-electron chi connectivity index (χ1n) is 5.74. The van der Waals surface area contributed by atoms with Gasteiger partial charge >= 0.3 is 0 Å². The van der Waals surface area contributed by atoms with E-state index in [1.807, 2.05) is 17.8 Å². The minimum Gasteiger partial charge on any atom is -0.307 e. The summed E-state index contributed by atoms with van der Waals surface area (Å²) >= 11 is 8.09. The fourth-order valence-electron chi connectivity index (χ4n) is 2.42. The van der Waals surface area contributed by atoms with Gasteiger partial charge in [0, 0.05) is 22.9 Å². The third-order valence-corrected chi connectivity index (χ3v) is 4.30. The highest BCUT2D eigenvalue weighted by atomic mass is 35.5. The molecule has 16 heavy (non-hydrogen) atoms. The van der Waals surface area contributed by atoms with Gasteiger partial charge in [0.1, 0.15) is 0 Å². The normalized spacial score (nSPS) is 20.8. The van der Waals surface area contributed by atoms with Gasteiger partial charge in [-0.25, -0.2) is 0 Å². The molecule has 2 atom stereocenters. The van der Waals surface area contributed by atoms with Crippen LogP contribution in [0.3, 0.4) is 0 Å². The van der Waals surface area contributed by atoms with Crippen molar-refractivity contribution in [1.82, 2.24) is 5.32 Å². The van der Waals surface area contributed by atoms with Gasteiger partial charge in [-0.3, -0.25) is 0 Å². The second-order valence-electron chi connectivity index (χ2n) is 4.42. The molecule has 2 unspecified atom stereocenters. The summed E-state index contributed by atoms with van der Waals surface area (Å²) in [5.74, 6) is 1.16. The maximum Gasteiger partial charge on any atom is 0.0441 e. The summed E-state index contributed by atoms with van der Waals surface area (Å²) < 4.78 is 0. The lowest BCUT2D eigenvalue weighted by molar-refractivity contribution is 0.479. The van der Waals surface area contributed by atoms with Gasteiger partial charge in [0.25, 0.3) is 0 Å². The van der Waals surface area contributed by atoms with Crippen molar-refractivity contribution in [3.63, 3.8) is 0 Å². The summed E-state index contributed by atoms with van der Waals surface area (Å²) in [6.07, 6.45) is 4.44. The smallest absolute Gasteiger partial charge is 0.0441 e. The highest BCUT2D eigenvalue weighted by molar-refractivity contribution is 7.98. The third-order valence-electron chi connectivity index (χ3n) is 3.12. The third kappa shape index (κ3) is 2.55. The molecule has 1 aromatic carbocycles. The van der Waals surface area contributed by atoms with E-state index in [1.54, 1.807) is 0 Å². The van der Waals surface area contributed by atoms with Gasteiger partial charge in [-0.15, -0.1) is 0 Å². The Hall–Kier alpha value is -0.180. The van der Waals surface area contributed by atoms with Gasteiger partial charge in [0.2, 0.25) is 0 Å². The number of nitrogens with one attached hydrogen (secondary N) is 1. The molecule has 0 spiro atoms. The number of hydrogen-bond acceptors (Lipinski definition) is 2. The van der Waals surface area contributed by atoms with Crippen LogP contribution in [0.15, 0.2) is 18.2 Å². The first-order valence-corrected chi connectivity index (χ1v) is 7.52. The van der Waals surface area contributed by atoms with Gasteiger partial charge in [-0.2, -0.15) is 11.8 Å². The van der Waals surface area contributed by atoms with E-state index >= 15 is 0 Å². The molecule has 0 amide bonds. The molecule has 0 radical (unpaired) electrons. The Morgan fingerprint density at radius 2 is 2.38 bits per heavy atom. The molecule has 2 rings (SSSR count). The van der Waals surface area contributed by atoms with Crippen LogP contribution in [0.1, 0.15) is 30.5 Å². The number of hydrogen-bond donors (Lipinski definition) is 1. The quantitative estimate of drug-likeness (QED) is 0.881. The maximum atomic E-state index is 6.20. The Morgan fingerprint density at radius 1 is 1.56 bits per heavy atom. The molecule has 3 heteroatoms. The Labute approximate surface area is 107 Å². The Kier molecular flexibility index (Phi) is 4.17. The Balaban J connectivity index is 2.09. The fourth-order valence-corrected chi connectivity index (χ4v) is 3.30. The lowest BCUT2D eigenvalue weighted by atomic mass is 10.1. The first-order chi connectivity index (χ1) is 7.72. The topological polar surface area (TPSA) is 12.0 Å². The van der Waals surface area contributed by atoms with Crippen molar-refractivity contribution >= 4 is 23.4 Å². The molecule has 88 valence electrons. The van der Waals surface area contributed by atoms with Crippen molar-refractivity contribution in [2.24, 2.45) is 0 Å². The lowest BCUT2D eigenvalue weighted by Gasteiger charge is -2.19. The molecule has 0 bridgehead atoms. The number of benzene rings is 1. The van der Waals surface area contributed by atoms with E-state index < -0.39 is 0 Å². The molecule has 1 N–H and O–H groups in total. The predicted molar refractivity (Wildman–Crippen MR) is 73.5 cm³/mol. The van der Waals surface area contributed by atoms with Gasteiger partial charge in [-0.05, 0) is 43.2 Å². The fraction of sp³-hybridized carbons (Fsp3) is 0.538. The van der Waals surface area contributed by atoms with E-state index in [0.717, 1.165) is 17.2 Å². The van der Waals surface area contributed by atoms with Crippen molar-refractivity contribution in [2.75, 3.05) is 12.0 Å². The first kappa shape index (κ1) is 12.3. The van der Waals surface area contributed by atoms with Gasteiger partial charge in [0.15, 0.2) is 0 Å².